The number of hydrogen-bond acceptors (Lipinski definition) is 3. The van der Waals surface area contributed by atoms with Crippen LogP contribution in [-0.4, -0.2) is 55.0 Å². The van der Waals surface area contributed by atoms with E-state index in [9.17, 15) is 4.79 Å². The van der Waals surface area contributed by atoms with Gasteiger partial charge >= 0.3 is 0 Å². The molecule has 0 unspecified atom stereocenters. The zero-order valence-electron chi connectivity index (χ0n) is 15.9. The van der Waals surface area contributed by atoms with Gasteiger partial charge in [-0.1, -0.05) is 60.2 Å². The summed E-state index contributed by atoms with van der Waals surface area (Å²) in [6.45, 7) is 5.84. The van der Waals surface area contributed by atoms with E-state index in [4.69, 9.17) is 11.6 Å². The number of anilines is 1. The quantitative estimate of drug-likeness (QED) is 0.720. The van der Waals surface area contributed by atoms with Gasteiger partial charge in [0.05, 0.1) is 0 Å². The number of rotatable bonds is 7. The smallest absolute Gasteiger partial charge is 0.225 e. The van der Waals surface area contributed by atoms with Gasteiger partial charge < -0.3 is 10.2 Å². The summed E-state index contributed by atoms with van der Waals surface area (Å²) >= 11 is 5.94. The van der Waals surface area contributed by atoms with E-state index in [0.29, 0.717) is 11.4 Å². The summed E-state index contributed by atoms with van der Waals surface area (Å²) in [6, 6.07) is 17.6. The molecule has 2 aromatic rings. The van der Waals surface area contributed by atoms with Crippen LogP contribution in [0.3, 0.4) is 0 Å². The van der Waals surface area contributed by atoms with E-state index >= 15 is 0 Å². The van der Waals surface area contributed by atoms with Crippen LogP contribution in [0.15, 0.2) is 60.7 Å². The second-order valence-corrected chi connectivity index (χ2v) is 7.20. The second kappa shape index (κ2) is 11.9. The molecule has 1 fully saturated rings. The molecule has 1 aliphatic heterocycles. The average Bonchev–Trinajstić information content (AvgIpc) is 2.68. The molecule has 0 aliphatic carbocycles. The van der Waals surface area contributed by atoms with E-state index in [1.807, 2.05) is 18.2 Å². The van der Waals surface area contributed by atoms with Gasteiger partial charge in [-0.25, -0.2) is 0 Å². The Hall–Kier alpha value is -1.85. The molecule has 2 aromatic carbocycles. The first kappa shape index (κ1) is 22.4. The Balaban J connectivity index is 0.00000280. The number of halogens is 2. The Morgan fingerprint density at radius 2 is 1.71 bits per heavy atom. The van der Waals surface area contributed by atoms with E-state index in [0.717, 1.165) is 45.0 Å². The zero-order chi connectivity index (χ0) is 18.9. The fraction of sp³-hybridized carbons (Fsp3) is 0.318. The van der Waals surface area contributed by atoms with Gasteiger partial charge in [-0.05, 0) is 23.8 Å². The maximum absolute atomic E-state index is 12.1. The van der Waals surface area contributed by atoms with Crippen LogP contribution in [-0.2, 0) is 4.79 Å². The first-order valence-electron chi connectivity index (χ1n) is 9.41. The number of amides is 1. The number of nitrogens with one attached hydrogen (secondary N) is 1. The van der Waals surface area contributed by atoms with Crippen molar-refractivity contribution in [2.45, 2.75) is 6.42 Å². The molecule has 28 heavy (non-hydrogen) atoms. The van der Waals surface area contributed by atoms with E-state index in [1.54, 1.807) is 12.1 Å². The van der Waals surface area contributed by atoms with Crippen LogP contribution in [0.5, 0.6) is 0 Å². The molecule has 3 rings (SSSR count). The standard InChI is InChI=1S/C22H26ClN3O.ClH/c23-20-9-4-10-21(18-20)24-22(27)11-13-26-16-14-25(15-17-26)12-5-8-19-6-2-1-3-7-19;/h1-10,18H,11-17H2,(H,24,27);1H. The molecule has 0 spiro atoms. The van der Waals surface area contributed by atoms with Gasteiger partial charge in [0.2, 0.25) is 5.91 Å². The molecule has 1 N–H and O–H groups in total. The third-order valence-electron chi connectivity index (χ3n) is 4.70. The summed E-state index contributed by atoms with van der Waals surface area (Å²) in [5, 5.41) is 3.53. The van der Waals surface area contributed by atoms with Gasteiger partial charge in [-0.3, -0.25) is 9.69 Å². The maximum atomic E-state index is 12.1. The van der Waals surface area contributed by atoms with Crippen molar-refractivity contribution in [3.63, 3.8) is 0 Å². The maximum Gasteiger partial charge on any atom is 0.225 e. The van der Waals surface area contributed by atoms with E-state index in [2.05, 4.69) is 51.5 Å². The van der Waals surface area contributed by atoms with E-state index in [1.165, 1.54) is 5.56 Å². The topological polar surface area (TPSA) is 35.6 Å². The highest BCUT2D eigenvalue weighted by Gasteiger charge is 2.16. The number of piperazine rings is 1. The lowest BCUT2D eigenvalue weighted by Crippen LogP contribution is -2.46. The summed E-state index contributed by atoms with van der Waals surface area (Å²) in [5.41, 5.74) is 1.99. The number of nitrogens with zero attached hydrogens (tertiary/aromatic N) is 2. The summed E-state index contributed by atoms with van der Waals surface area (Å²) in [5.74, 6) is 0.0329. The summed E-state index contributed by atoms with van der Waals surface area (Å²) in [7, 11) is 0. The predicted molar refractivity (Wildman–Crippen MR) is 120 cm³/mol. The van der Waals surface area contributed by atoms with Gasteiger partial charge in [0.1, 0.15) is 0 Å². The largest absolute Gasteiger partial charge is 0.326 e. The number of carbonyl (C=O) groups excluding carboxylic acids is 1. The van der Waals surface area contributed by atoms with Crippen LogP contribution < -0.4 is 5.32 Å². The Morgan fingerprint density at radius 1 is 1.00 bits per heavy atom. The molecule has 0 aromatic heterocycles. The lowest BCUT2D eigenvalue weighted by molar-refractivity contribution is -0.116. The summed E-state index contributed by atoms with van der Waals surface area (Å²) in [6.07, 6.45) is 4.90. The molecule has 150 valence electrons. The van der Waals surface area contributed by atoms with Crippen LogP contribution >= 0.6 is 24.0 Å². The Labute approximate surface area is 178 Å². The van der Waals surface area contributed by atoms with Crippen LogP contribution in [0.1, 0.15) is 12.0 Å². The molecule has 1 amide bonds. The van der Waals surface area contributed by atoms with Crippen molar-refractivity contribution in [2.75, 3.05) is 44.6 Å². The van der Waals surface area contributed by atoms with Crippen molar-refractivity contribution in [1.82, 2.24) is 9.80 Å². The van der Waals surface area contributed by atoms with Crippen LogP contribution in [0, 0.1) is 0 Å². The third-order valence-corrected chi connectivity index (χ3v) is 4.94. The lowest BCUT2D eigenvalue weighted by Gasteiger charge is -2.34. The molecular weight excluding hydrogens is 393 g/mol. The molecular formula is C22H27Cl2N3O. The molecule has 0 saturated carbocycles. The summed E-state index contributed by atoms with van der Waals surface area (Å²) in [4.78, 5) is 16.9. The van der Waals surface area contributed by atoms with Gasteiger partial charge in [-0.15, -0.1) is 12.4 Å². The lowest BCUT2D eigenvalue weighted by atomic mass is 10.2. The second-order valence-electron chi connectivity index (χ2n) is 6.76. The van der Waals surface area contributed by atoms with E-state index in [-0.39, 0.29) is 18.3 Å². The minimum Gasteiger partial charge on any atom is -0.326 e. The molecule has 4 nitrogen and oxygen atoms in total. The van der Waals surface area contributed by atoms with Crippen molar-refractivity contribution >= 4 is 41.7 Å². The summed E-state index contributed by atoms with van der Waals surface area (Å²) < 4.78 is 0. The SMILES string of the molecule is Cl.O=C(CCN1CCN(CC=Cc2ccccc2)CC1)Nc1cccc(Cl)c1. The first-order valence-corrected chi connectivity index (χ1v) is 9.78. The number of hydrogen-bond donors (Lipinski definition) is 1. The molecule has 0 atom stereocenters. The minimum absolute atomic E-state index is 0. The van der Waals surface area contributed by atoms with Gasteiger partial charge in [0.15, 0.2) is 0 Å². The fourth-order valence-electron chi connectivity index (χ4n) is 3.15. The zero-order valence-corrected chi connectivity index (χ0v) is 17.5. The Bertz CT molecular complexity index is 759. The van der Waals surface area contributed by atoms with Crippen LogP contribution in [0.25, 0.3) is 6.08 Å². The molecule has 0 bridgehead atoms. The van der Waals surface area contributed by atoms with Crippen molar-refractivity contribution in [2.24, 2.45) is 0 Å². The van der Waals surface area contributed by atoms with Crippen LogP contribution in [0.2, 0.25) is 5.02 Å². The van der Waals surface area contributed by atoms with Crippen molar-refractivity contribution in [3.8, 4) is 0 Å². The van der Waals surface area contributed by atoms with Crippen molar-refractivity contribution in [3.05, 3.63) is 71.3 Å². The highest BCUT2D eigenvalue weighted by atomic mass is 35.5. The van der Waals surface area contributed by atoms with Gasteiger partial charge in [0, 0.05) is 56.4 Å². The minimum atomic E-state index is 0. The third kappa shape index (κ3) is 7.64. The Morgan fingerprint density at radius 3 is 2.43 bits per heavy atom. The normalized spacial score (nSPS) is 15.3. The van der Waals surface area contributed by atoms with Crippen molar-refractivity contribution in [1.29, 1.82) is 0 Å². The van der Waals surface area contributed by atoms with Gasteiger partial charge in [0.25, 0.3) is 0 Å². The van der Waals surface area contributed by atoms with E-state index < -0.39 is 0 Å². The van der Waals surface area contributed by atoms with Crippen LogP contribution in [0.4, 0.5) is 5.69 Å². The number of benzene rings is 2. The van der Waals surface area contributed by atoms with Gasteiger partial charge in [-0.2, -0.15) is 0 Å². The van der Waals surface area contributed by atoms with Crippen molar-refractivity contribution < 1.29 is 4.79 Å². The molecule has 0 radical (unpaired) electrons. The monoisotopic (exact) mass is 419 g/mol. The molecule has 1 aliphatic rings. The highest BCUT2D eigenvalue weighted by Crippen LogP contribution is 2.15. The molecule has 1 heterocycles. The fourth-order valence-corrected chi connectivity index (χ4v) is 3.34. The predicted octanol–water partition coefficient (Wildman–Crippen LogP) is 4.42. The highest BCUT2D eigenvalue weighted by molar-refractivity contribution is 6.30. The first-order chi connectivity index (χ1) is 13.2. The molecule has 6 heteroatoms. The number of carbonyl (C=O) groups is 1. The Kier molecular flexibility index (Phi) is 9.51. The molecule has 1 saturated heterocycles. The average molecular weight is 420 g/mol.